The zero-order chi connectivity index (χ0) is 17.8. The number of azo groups is 1. The lowest BCUT2D eigenvalue weighted by molar-refractivity contribution is 0.291. The maximum atomic E-state index is 10.5. The number of nitrogens with zero attached hydrogens (tertiary/aromatic N) is 3. The van der Waals surface area contributed by atoms with E-state index in [0.29, 0.717) is 29.6 Å². The van der Waals surface area contributed by atoms with E-state index >= 15 is 0 Å². The van der Waals surface area contributed by atoms with Crippen molar-refractivity contribution in [2.24, 2.45) is 16.0 Å². The van der Waals surface area contributed by atoms with E-state index in [1.165, 1.54) is 0 Å². The van der Waals surface area contributed by atoms with Gasteiger partial charge in [-0.1, -0.05) is 41.9 Å². The lowest BCUT2D eigenvalue weighted by atomic mass is 10.2. The van der Waals surface area contributed by atoms with Gasteiger partial charge in [0.1, 0.15) is 12.4 Å². The van der Waals surface area contributed by atoms with E-state index in [-0.39, 0.29) is 11.0 Å². The molecule has 0 aliphatic rings. The van der Waals surface area contributed by atoms with Crippen LogP contribution >= 0.6 is 23.8 Å². The Morgan fingerprint density at radius 1 is 1.20 bits per heavy atom. The van der Waals surface area contributed by atoms with Crippen LogP contribution in [0.3, 0.4) is 0 Å². The van der Waals surface area contributed by atoms with Gasteiger partial charge in [-0.25, -0.2) is 0 Å². The molecular weight excluding hydrogens is 360 g/mol. The monoisotopic (exact) mass is 374 g/mol. The summed E-state index contributed by atoms with van der Waals surface area (Å²) < 4.78 is 7.39. The van der Waals surface area contributed by atoms with Crippen LogP contribution in [0.2, 0.25) is 5.02 Å². The van der Waals surface area contributed by atoms with Crippen LogP contribution in [-0.4, -0.2) is 21.4 Å². The van der Waals surface area contributed by atoms with Crippen molar-refractivity contribution in [2.75, 3.05) is 6.61 Å². The van der Waals surface area contributed by atoms with Crippen LogP contribution in [-0.2, 0) is 6.54 Å². The fourth-order valence-corrected chi connectivity index (χ4v) is 2.74. The van der Waals surface area contributed by atoms with Crippen molar-refractivity contribution in [1.29, 1.82) is 0 Å². The third-order valence-corrected chi connectivity index (χ3v) is 3.97. The fourth-order valence-electron chi connectivity index (χ4n) is 2.50. The van der Waals surface area contributed by atoms with E-state index in [1.54, 1.807) is 16.7 Å². The summed E-state index contributed by atoms with van der Waals surface area (Å²) in [5, 5.41) is 19.3. The Hall–Kier alpha value is -2.64. The molecule has 25 heavy (non-hydrogen) atoms. The van der Waals surface area contributed by atoms with Crippen LogP contribution in [0, 0.1) is 0 Å². The molecule has 0 bridgehead atoms. The van der Waals surface area contributed by atoms with Crippen molar-refractivity contribution < 1.29 is 9.84 Å². The van der Waals surface area contributed by atoms with Crippen molar-refractivity contribution >= 4 is 45.5 Å². The largest absolute Gasteiger partial charge is 0.493 e. The van der Waals surface area contributed by atoms with Gasteiger partial charge in [-0.05, 0) is 30.4 Å². The van der Waals surface area contributed by atoms with Crippen molar-refractivity contribution in [2.45, 2.75) is 6.54 Å². The van der Waals surface area contributed by atoms with Gasteiger partial charge >= 0.3 is 0 Å². The molecule has 0 saturated carbocycles. The third kappa shape index (κ3) is 3.72. The number of para-hydroxylation sites is 2. The Bertz CT molecular complexity index is 955. The van der Waals surface area contributed by atoms with Gasteiger partial charge in [0, 0.05) is 5.39 Å². The van der Waals surface area contributed by atoms with Gasteiger partial charge in [0.25, 0.3) is 0 Å². The minimum Gasteiger partial charge on any atom is -0.493 e. The van der Waals surface area contributed by atoms with Crippen molar-refractivity contribution in [3.8, 4) is 11.6 Å². The van der Waals surface area contributed by atoms with Crippen LogP contribution in [0.5, 0.6) is 11.6 Å². The molecular formula is C17H15ClN4O2S. The molecule has 0 aliphatic carbocycles. The summed E-state index contributed by atoms with van der Waals surface area (Å²) in [6, 6.07) is 14.7. The third-order valence-electron chi connectivity index (χ3n) is 3.58. The highest BCUT2D eigenvalue weighted by atomic mass is 35.5. The minimum absolute atomic E-state index is 0.0241. The molecule has 0 radical (unpaired) electrons. The summed E-state index contributed by atoms with van der Waals surface area (Å²) in [6.45, 7) is 0.724. The molecule has 0 saturated heterocycles. The number of fused-ring (bicyclic) bond motifs is 1. The van der Waals surface area contributed by atoms with Crippen LogP contribution in [0.1, 0.15) is 0 Å². The number of thiocarbonyl (C=S) groups is 1. The zero-order valence-electron chi connectivity index (χ0n) is 13.1. The number of aromatic nitrogens is 1. The summed E-state index contributed by atoms with van der Waals surface area (Å²) in [4.78, 5) is 0. The molecule has 2 aromatic carbocycles. The Labute approximate surface area is 154 Å². The van der Waals surface area contributed by atoms with Gasteiger partial charge in [0.05, 0.1) is 17.1 Å². The van der Waals surface area contributed by atoms with Crippen LogP contribution in [0.15, 0.2) is 58.8 Å². The summed E-state index contributed by atoms with van der Waals surface area (Å²) in [5.74, 6) is 0.567. The second-order valence-electron chi connectivity index (χ2n) is 5.16. The smallest absolute Gasteiger partial charge is 0.220 e. The first-order chi connectivity index (χ1) is 12.1. The van der Waals surface area contributed by atoms with Gasteiger partial charge in [-0.15, -0.1) is 10.2 Å². The van der Waals surface area contributed by atoms with Gasteiger partial charge in [-0.3, -0.25) is 0 Å². The lowest BCUT2D eigenvalue weighted by Crippen LogP contribution is -2.07. The number of benzene rings is 2. The van der Waals surface area contributed by atoms with Gasteiger partial charge < -0.3 is 20.1 Å². The summed E-state index contributed by atoms with van der Waals surface area (Å²) >= 11 is 10.8. The molecule has 0 aliphatic heterocycles. The molecule has 1 aromatic heterocycles. The topological polar surface area (TPSA) is 85.1 Å². The quantitative estimate of drug-likeness (QED) is 0.511. The molecule has 1 heterocycles. The standard InChI is InChI=1S/C17H15ClN4O2S/c18-12-6-2-4-8-14(12)24-10-9-22-13-7-3-1-5-11(13)15(16(22)23)20-21-17(19)25/h1-8,23H,9-10H2,(H2,19,25). The van der Waals surface area contributed by atoms with Gasteiger partial charge in [0.15, 0.2) is 5.69 Å². The van der Waals surface area contributed by atoms with Crippen molar-refractivity contribution in [3.63, 3.8) is 0 Å². The number of halogens is 1. The first-order valence-corrected chi connectivity index (χ1v) is 8.25. The minimum atomic E-state index is -0.0988. The van der Waals surface area contributed by atoms with Crippen LogP contribution in [0.4, 0.5) is 5.69 Å². The maximum Gasteiger partial charge on any atom is 0.220 e. The number of nitrogens with two attached hydrogens (primary N) is 1. The molecule has 6 nitrogen and oxygen atoms in total. The Morgan fingerprint density at radius 3 is 2.68 bits per heavy atom. The van der Waals surface area contributed by atoms with Crippen molar-refractivity contribution in [1.82, 2.24) is 4.57 Å². The van der Waals surface area contributed by atoms with E-state index in [2.05, 4.69) is 10.2 Å². The van der Waals surface area contributed by atoms with Crippen LogP contribution < -0.4 is 10.5 Å². The molecule has 0 atom stereocenters. The average molecular weight is 375 g/mol. The summed E-state index contributed by atoms with van der Waals surface area (Å²) in [7, 11) is 0. The molecule has 8 heteroatoms. The Balaban J connectivity index is 1.87. The summed E-state index contributed by atoms with van der Waals surface area (Å²) in [6.07, 6.45) is 0. The van der Waals surface area contributed by atoms with E-state index in [4.69, 9.17) is 34.3 Å². The number of hydrogen-bond acceptors (Lipinski definition) is 4. The molecule has 0 spiro atoms. The highest BCUT2D eigenvalue weighted by Crippen LogP contribution is 2.38. The predicted molar refractivity (Wildman–Crippen MR) is 102 cm³/mol. The average Bonchev–Trinajstić information content (AvgIpc) is 2.86. The highest BCUT2D eigenvalue weighted by molar-refractivity contribution is 7.80. The number of rotatable bonds is 5. The predicted octanol–water partition coefficient (Wildman–Crippen LogP) is 4.41. The van der Waals surface area contributed by atoms with E-state index in [1.807, 2.05) is 36.4 Å². The van der Waals surface area contributed by atoms with Crippen molar-refractivity contribution in [3.05, 3.63) is 53.6 Å². The first-order valence-electron chi connectivity index (χ1n) is 7.46. The molecule has 3 rings (SSSR count). The van der Waals surface area contributed by atoms with E-state index in [0.717, 1.165) is 10.9 Å². The Morgan fingerprint density at radius 2 is 1.92 bits per heavy atom. The van der Waals surface area contributed by atoms with E-state index < -0.39 is 0 Å². The first kappa shape index (κ1) is 17.2. The van der Waals surface area contributed by atoms with E-state index in [9.17, 15) is 5.11 Å². The zero-order valence-corrected chi connectivity index (χ0v) is 14.7. The molecule has 0 amide bonds. The normalized spacial score (nSPS) is 11.2. The molecule has 128 valence electrons. The second-order valence-corrected chi connectivity index (χ2v) is 5.98. The molecule has 3 N–H and O–H groups in total. The fraction of sp³-hybridized carbons (Fsp3) is 0.118. The summed E-state index contributed by atoms with van der Waals surface area (Å²) in [5.41, 5.74) is 6.48. The van der Waals surface area contributed by atoms with Gasteiger partial charge in [0.2, 0.25) is 11.0 Å². The maximum absolute atomic E-state index is 10.5. The number of hydrogen-bond donors (Lipinski definition) is 2. The van der Waals surface area contributed by atoms with Gasteiger partial charge in [-0.2, -0.15) is 0 Å². The molecule has 0 fully saturated rings. The number of aromatic hydroxyl groups is 1. The number of ether oxygens (including phenoxy) is 1. The highest BCUT2D eigenvalue weighted by Gasteiger charge is 2.16. The SMILES string of the molecule is NC(=S)N=Nc1c(O)n(CCOc2ccccc2Cl)c2ccccc12. The second kappa shape index (κ2) is 7.50. The molecule has 3 aromatic rings. The molecule has 0 unspecified atom stereocenters. The Kier molecular flexibility index (Phi) is 5.16. The lowest BCUT2D eigenvalue weighted by Gasteiger charge is -2.10. The van der Waals surface area contributed by atoms with Crippen LogP contribution in [0.25, 0.3) is 10.9 Å².